The summed E-state index contributed by atoms with van der Waals surface area (Å²) in [5.41, 5.74) is 1.31. The van der Waals surface area contributed by atoms with Gasteiger partial charge in [0.15, 0.2) is 15.8 Å². The Balaban J connectivity index is 1.84. The van der Waals surface area contributed by atoms with E-state index in [0.29, 0.717) is 17.3 Å². The Morgan fingerprint density at radius 3 is 2.26 bits per heavy atom. The molecule has 1 atom stereocenters. The fourth-order valence-corrected chi connectivity index (χ4v) is 4.40. The van der Waals surface area contributed by atoms with E-state index in [0.717, 1.165) is 19.4 Å². The van der Waals surface area contributed by atoms with E-state index in [1.54, 1.807) is 31.3 Å². The lowest BCUT2D eigenvalue weighted by molar-refractivity contribution is 0.568. The van der Waals surface area contributed by atoms with Crippen LogP contribution in [-0.4, -0.2) is 39.8 Å². The average Bonchev–Trinajstić information content (AvgIpc) is 2.70. The van der Waals surface area contributed by atoms with Crippen molar-refractivity contribution in [3.63, 3.8) is 0 Å². The molecule has 27 heavy (non-hydrogen) atoms. The summed E-state index contributed by atoms with van der Waals surface area (Å²) in [5.74, 6) is 0.677. The standard InChI is InChI=1S/C21H29N3O2S/c1-3-19(17-27(25,26)20-14-8-5-9-15-20)24-21(22-2)23-16-10-13-18-11-6-4-7-12-18/h4-9,11-12,14-15,19H,3,10,13,16-17H2,1-2H3,(H2,22,23,24). The van der Waals surface area contributed by atoms with Gasteiger partial charge in [-0.3, -0.25) is 4.99 Å². The molecule has 2 aromatic carbocycles. The number of rotatable bonds is 9. The molecule has 146 valence electrons. The van der Waals surface area contributed by atoms with Crippen molar-refractivity contribution in [2.75, 3.05) is 19.3 Å². The summed E-state index contributed by atoms with van der Waals surface area (Å²) in [4.78, 5) is 4.58. The molecule has 6 heteroatoms. The van der Waals surface area contributed by atoms with E-state index in [1.807, 2.05) is 31.2 Å². The molecule has 2 rings (SSSR count). The van der Waals surface area contributed by atoms with Gasteiger partial charge in [0, 0.05) is 19.6 Å². The first kappa shape index (κ1) is 21.0. The van der Waals surface area contributed by atoms with E-state index in [4.69, 9.17) is 0 Å². The van der Waals surface area contributed by atoms with Crippen molar-refractivity contribution in [1.82, 2.24) is 10.6 Å². The van der Waals surface area contributed by atoms with Gasteiger partial charge in [0.1, 0.15) is 0 Å². The number of nitrogens with zero attached hydrogens (tertiary/aromatic N) is 1. The molecule has 0 saturated carbocycles. The van der Waals surface area contributed by atoms with Crippen molar-refractivity contribution in [3.05, 3.63) is 66.2 Å². The van der Waals surface area contributed by atoms with Crippen LogP contribution >= 0.6 is 0 Å². The van der Waals surface area contributed by atoms with Gasteiger partial charge in [-0.05, 0) is 37.0 Å². The van der Waals surface area contributed by atoms with Crippen LogP contribution in [0.25, 0.3) is 0 Å². The van der Waals surface area contributed by atoms with Crippen molar-refractivity contribution >= 4 is 15.8 Å². The highest BCUT2D eigenvalue weighted by atomic mass is 32.2. The minimum absolute atomic E-state index is 0.0399. The summed E-state index contributed by atoms with van der Waals surface area (Å²) in [6.45, 7) is 2.75. The molecular formula is C21H29N3O2S. The van der Waals surface area contributed by atoms with Crippen LogP contribution in [0.5, 0.6) is 0 Å². The molecule has 0 aliphatic heterocycles. The number of aliphatic imine (C=N–C) groups is 1. The number of guanidine groups is 1. The fourth-order valence-electron chi connectivity index (χ4n) is 2.78. The maximum absolute atomic E-state index is 12.6. The molecule has 0 bridgehead atoms. The summed E-state index contributed by atoms with van der Waals surface area (Å²) in [5, 5.41) is 6.51. The summed E-state index contributed by atoms with van der Waals surface area (Å²) in [6, 6.07) is 18.7. The van der Waals surface area contributed by atoms with Gasteiger partial charge in [0.05, 0.1) is 10.6 Å². The van der Waals surface area contributed by atoms with E-state index in [1.165, 1.54) is 5.56 Å². The molecule has 0 saturated heterocycles. The largest absolute Gasteiger partial charge is 0.356 e. The second-order valence-electron chi connectivity index (χ2n) is 6.43. The van der Waals surface area contributed by atoms with Gasteiger partial charge in [-0.15, -0.1) is 0 Å². The van der Waals surface area contributed by atoms with Crippen LogP contribution in [-0.2, 0) is 16.3 Å². The predicted molar refractivity (Wildman–Crippen MR) is 112 cm³/mol. The zero-order valence-electron chi connectivity index (χ0n) is 16.1. The molecular weight excluding hydrogens is 358 g/mol. The molecule has 0 heterocycles. The van der Waals surface area contributed by atoms with E-state index >= 15 is 0 Å². The maximum atomic E-state index is 12.6. The molecule has 0 aliphatic carbocycles. The molecule has 5 nitrogen and oxygen atoms in total. The minimum atomic E-state index is -3.33. The molecule has 2 aromatic rings. The molecule has 0 aliphatic rings. The highest BCUT2D eigenvalue weighted by Crippen LogP contribution is 2.12. The zero-order valence-corrected chi connectivity index (χ0v) is 16.9. The van der Waals surface area contributed by atoms with E-state index in [9.17, 15) is 8.42 Å². The van der Waals surface area contributed by atoms with Crippen molar-refractivity contribution in [2.45, 2.75) is 37.1 Å². The Hall–Kier alpha value is -2.34. The summed E-state index contributed by atoms with van der Waals surface area (Å²) >= 11 is 0. The van der Waals surface area contributed by atoms with Gasteiger partial charge in [0.2, 0.25) is 0 Å². The van der Waals surface area contributed by atoms with Gasteiger partial charge in [0.25, 0.3) is 0 Å². The first-order valence-corrected chi connectivity index (χ1v) is 11.0. The summed E-state index contributed by atoms with van der Waals surface area (Å²) in [7, 11) is -1.63. The van der Waals surface area contributed by atoms with Gasteiger partial charge < -0.3 is 10.6 Å². The highest BCUT2D eigenvalue weighted by Gasteiger charge is 2.20. The van der Waals surface area contributed by atoms with Crippen LogP contribution in [0.3, 0.4) is 0 Å². The number of aryl methyl sites for hydroxylation is 1. The molecule has 0 radical (unpaired) electrons. The number of sulfone groups is 1. The third-order valence-electron chi connectivity index (χ3n) is 4.36. The van der Waals surface area contributed by atoms with Crippen LogP contribution in [0.1, 0.15) is 25.3 Å². The third-order valence-corrected chi connectivity index (χ3v) is 6.19. The molecule has 0 amide bonds. The SMILES string of the molecule is CCC(CS(=O)(=O)c1ccccc1)NC(=NC)NCCCc1ccccc1. The van der Waals surface area contributed by atoms with Crippen LogP contribution < -0.4 is 10.6 Å². The van der Waals surface area contributed by atoms with Crippen LogP contribution in [0.4, 0.5) is 0 Å². The van der Waals surface area contributed by atoms with Crippen molar-refractivity contribution in [3.8, 4) is 0 Å². The Bertz CT molecular complexity index is 806. The van der Waals surface area contributed by atoms with Crippen LogP contribution in [0, 0.1) is 0 Å². The number of hydrogen-bond acceptors (Lipinski definition) is 3. The molecule has 2 N–H and O–H groups in total. The smallest absolute Gasteiger partial charge is 0.191 e. The van der Waals surface area contributed by atoms with Gasteiger partial charge in [-0.1, -0.05) is 55.5 Å². The number of hydrogen-bond donors (Lipinski definition) is 2. The topological polar surface area (TPSA) is 70.6 Å². The number of nitrogens with one attached hydrogen (secondary N) is 2. The Kier molecular flexibility index (Phi) is 8.33. The van der Waals surface area contributed by atoms with Crippen molar-refractivity contribution in [2.24, 2.45) is 4.99 Å². The average molecular weight is 388 g/mol. The predicted octanol–water partition coefficient (Wildman–Crippen LogP) is 3.04. The second kappa shape index (κ2) is 10.7. The van der Waals surface area contributed by atoms with Crippen LogP contribution in [0.2, 0.25) is 0 Å². The lowest BCUT2D eigenvalue weighted by atomic mass is 10.1. The fraction of sp³-hybridized carbons (Fsp3) is 0.381. The van der Waals surface area contributed by atoms with Gasteiger partial charge in [-0.25, -0.2) is 8.42 Å². The maximum Gasteiger partial charge on any atom is 0.191 e. The lowest BCUT2D eigenvalue weighted by Crippen LogP contribution is -2.46. The van der Waals surface area contributed by atoms with E-state index in [2.05, 4.69) is 27.8 Å². The second-order valence-corrected chi connectivity index (χ2v) is 8.47. The first-order valence-electron chi connectivity index (χ1n) is 9.34. The molecule has 0 aromatic heterocycles. The summed E-state index contributed by atoms with van der Waals surface area (Å²) in [6.07, 6.45) is 2.66. The minimum Gasteiger partial charge on any atom is -0.356 e. The Morgan fingerprint density at radius 1 is 1.04 bits per heavy atom. The lowest BCUT2D eigenvalue weighted by Gasteiger charge is -2.20. The van der Waals surface area contributed by atoms with E-state index in [-0.39, 0.29) is 11.8 Å². The third kappa shape index (κ3) is 7.06. The Morgan fingerprint density at radius 2 is 1.67 bits per heavy atom. The van der Waals surface area contributed by atoms with Crippen LogP contribution in [0.15, 0.2) is 70.6 Å². The zero-order chi connectivity index (χ0) is 19.5. The normalized spacial score (nSPS) is 13.2. The molecule has 0 spiro atoms. The van der Waals surface area contributed by atoms with Gasteiger partial charge >= 0.3 is 0 Å². The number of benzene rings is 2. The molecule has 0 fully saturated rings. The van der Waals surface area contributed by atoms with Crippen molar-refractivity contribution < 1.29 is 8.42 Å². The van der Waals surface area contributed by atoms with E-state index < -0.39 is 9.84 Å². The summed E-state index contributed by atoms with van der Waals surface area (Å²) < 4.78 is 25.2. The highest BCUT2D eigenvalue weighted by molar-refractivity contribution is 7.91. The van der Waals surface area contributed by atoms with Crippen molar-refractivity contribution in [1.29, 1.82) is 0 Å². The monoisotopic (exact) mass is 387 g/mol. The molecule has 1 unspecified atom stereocenters. The van der Waals surface area contributed by atoms with Gasteiger partial charge in [-0.2, -0.15) is 0 Å². The first-order chi connectivity index (χ1) is 13.0. The quantitative estimate of drug-likeness (QED) is 0.394. The Labute approximate surface area is 162 Å².